The summed E-state index contributed by atoms with van der Waals surface area (Å²) in [5.74, 6) is 0.484. The number of azo groups is 2. The van der Waals surface area contributed by atoms with Crippen LogP contribution >= 0.6 is 15.9 Å². The van der Waals surface area contributed by atoms with Crippen LogP contribution in [0.4, 0.5) is 11.4 Å². The van der Waals surface area contributed by atoms with Gasteiger partial charge in [0.1, 0.15) is 17.1 Å². The van der Waals surface area contributed by atoms with Crippen LogP contribution in [0.3, 0.4) is 0 Å². The van der Waals surface area contributed by atoms with Gasteiger partial charge in [0.2, 0.25) is 0 Å². The van der Waals surface area contributed by atoms with Gasteiger partial charge in [0.25, 0.3) is 11.7 Å². The third kappa shape index (κ3) is 2.36. The molecule has 27 heavy (non-hydrogen) atoms. The Hall–Kier alpha value is -2.86. The number of methoxy groups -OCH3 is 1. The maximum atomic E-state index is 12.2. The molecule has 132 valence electrons. The molecule has 1 unspecified atom stereocenters. The molecule has 1 aliphatic heterocycles. The Labute approximate surface area is 164 Å². The number of benzene rings is 3. The number of alkyl halides is 1. The van der Waals surface area contributed by atoms with Gasteiger partial charge < -0.3 is 4.74 Å². The maximum Gasteiger partial charge on any atom is 0.319 e. The normalized spacial score (nSPS) is 18.2. The molecule has 1 atom stereocenters. The Morgan fingerprint density at radius 1 is 1.22 bits per heavy atom. The number of carbonyl (C=O) groups is 1. The fourth-order valence-electron chi connectivity index (χ4n) is 3.92. The molecule has 0 fully saturated rings. The molecule has 3 aromatic carbocycles. The molecular weight excluding hydrogens is 406 g/mol. The zero-order valence-electron chi connectivity index (χ0n) is 14.5. The van der Waals surface area contributed by atoms with Gasteiger partial charge in [-0.05, 0) is 11.5 Å². The van der Waals surface area contributed by atoms with Gasteiger partial charge >= 0.3 is 5.91 Å². The summed E-state index contributed by atoms with van der Waals surface area (Å²) in [6.45, 7) is 0. The summed E-state index contributed by atoms with van der Waals surface area (Å²) in [5, 5.41) is 6.90. The third-order valence-corrected chi connectivity index (χ3v) is 5.49. The zero-order valence-corrected chi connectivity index (χ0v) is 16.1. The summed E-state index contributed by atoms with van der Waals surface area (Å²) in [6.07, 6.45) is 0. The predicted molar refractivity (Wildman–Crippen MR) is 107 cm³/mol. The average molecular weight is 421 g/mol. The molecule has 5 rings (SSSR count). The van der Waals surface area contributed by atoms with E-state index in [-0.39, 0.29) is 17.3 Å². The van der Waals surface area contributed by atoms with Crippen molar-refractivity contribution in [1.82, 2.24) is 0 Å². The molecule has 0 saturated heterocycles. The van der Waals surface area contributed by atoms with Crippen LogP contribution in [0.2, 0.25) is 0 Å². The van der Waals surface area contributed by atoms with Crippen molar-refractivity contribution in [1.29, 1.82) is 0 Å². The second-order valence-electron chi connectivity index (χ2n) is 6.48. The molecule has 0 saturated carbocycles. The number of carbonyl (C=O) groups excluding carboxylic acids is 1. The summed E-state index contributed by atoms with van der Waals surface area (Å²) in [7, 11) is 1.63. The lowest BCUT2D eigenvalue weighted by Crippen LogP contribution is -2.23. The molecule has 0 bridgehead atoms. The highest BCUT2D eigenvalue weighted by molar-refractivity contribution is 9.09. The van der Waals surface area contributed by atoms with Crippen LogP contribution in [0.15, 0.2) is 64.7 Å². The summed E-state index contributed by atoms with van der Waals surface area (Å²) in [6, 6.07) is 17.9. The maximum absolute atomic E-state index is 12.2. The standard InChI is InChI=1S/C21H15BrN3O2/c1-27-13-8-9-17-16(10-13)23-20-14-6-2-4-12-5-3-7-15(19(12)14)21(20)25(17)24-18(26)11-22/h2-10,21H,11H2,1H3/q+1. The number of hydrogen-bond donors (Lipinski definition) is 0. The Kier molecular flexibility index (Phi) is 3.68. The molecule has 6 heteroatoms. The van der Waals surface area contributed by atoms with Gasteiger partial charge in [-0.1, -0.05) is 57.0 Å². The lowest BCUT2D eigenvalue weighted by atomic mass is 10.0. The third-order valence-electron chi connectivity index (χ3n) is 5.01. The van der Waals surface area contributed by atoms with Crippen molar-refractivity contribution < 1.29 is 14.2 Å². The smallest absolute Gasteiger partial charge is 0.319 e. The van der Waals surface area contributed by atoms with Crippen LogP contribution in [0.25, 0.3) is 10.8 Å². The Bertz CT molecular complexity index is 1180. The Morgan fingerprint density at radius 3 is 2.81 bits per heavy atom. The van der Waals surface area contributed by atoms with E-state index in [1.807, 2.05) is 30.3 Å². The minimum Gasteiger partial charge on any atom is -0.497 e. The van der Waals surface area contributed by atoms with Gasteiger partial charge in [0, 0.05) is 33.8 Å². The van der Waals surface area contributed by atoms with Gasteiger partial charge in [0.05, 0.1) is 12.4 Å². The van der Waals surface area contributed by atoms with E-state index in [9.17, 15) is 4.79 Å². The molecule has 2 aliphatic rings. The van der Waals surface area contributed by atoms with E-state index >= 15 is 0 Å². The highest BCUT2D eigenvalue weighted by Crippen LogP contribution is 2.48. The molecular formula is C21H15BrN3O2+. The van der Waals surface area contributed by atoms with Crippen molar-refractivity contribution >= 4 is 49.7 Å². The van der Waals surface area contributed by atoms with E-state index in [1.165, 1.54) is 5.39 Å². The van der Waals surface area contributed by atoms with E-state index in [4.69, 9.17) is 9.73 Å². The fraction of sp³-hybridized carbons (Fsp3) is 0.143. The lowest BCUT2D eigenvalue weighted by molar-refractivity contribution is -0.535. The van der Waals surface area contributed by atoms with Crippen LogP contribution in [-0.2, 0) is 4.79 Å². The summed E-state index contributed by atoms with van der Waals surface area (Å²) >= 11 is 3.21. The predicted octanol–water partition coefficient (Wildman–Crippen LogP) is 5.06. The van der Waals surface area contributed by atoms with E-state index < -0.39 is 0 Å². The monoisotopic (exact) mass is 420 g/mol. The quantitative estimate of drug-likeness (QED) is 0.429. The first-order valence-corrected chi connectivity index (χ1v) is 9.71. The first kappa shape index (κ1) is 16.3. The molecule has 3 aromatic rings. The zero-order chi connectivity index (χ0) is 18.5. The molecule has 1 amide bonds. The summed E-state index contributed by atoms with van der Waals surface area (Å²) in [4.78, 5) is 17.1. The first-order chi connectivity index (χ1) is 13.2. The molecule has 0 radical (unpaired) electrons. The van der Waals surface area contributed by atoms with Gasteiger partial charge in [0.15, 0.2) is 0 Å². The molecule has 1 heterocycles. The number of nitrogens with zero attached hydrogens (tertiary/aromatic N) is 3. The van der Waals surface area contributed by atoms with E-state index in [1.54, 1.807) is 11.8 Å². The molecule has 5 nitrogen and oxygen atoms in total. The van der Waals surface area contributed by atoms with Gasteiger partial charge in [-0.2, -0.15) is 0 Å². The van der Waals surface area contributed by atoms with E-state index in [0.29, 0.717) is 0 Å². The molecule has 0 spiro atoms. The largest absolute Gasteiger partial charge is 0.497 e. The lowest BCUT2D eigenvalue weighted by Gasteiger charge is -2.17. The topological polar surface area (TPSA) is 54.0 Å². The minimum atomic E-state index is -0.235. The number of rotatable bonds is 2. The number of halogens is 1. The Balaban J connectivity index is 1.84. The highest BCUT2D eigenvalue weighted by atomic mass is 79.9. The van der Waals surface area contributed by atoms with Crippen LogP contribution in [0, 0.1) is 0 Å². The van der Waals surface area contributed by atoms with Gasteiger partial charge in [-0.3, -0.25) is 4.79 Å². The molecule has 0 N–H and O–H groups in total. The SMILES string of the molecule is COc1ccc2c(c1)N=C1c3cccc4cccc(c34)C1[N+]2=NC(=O)CBr. The van der Waals surface area contributed by atoms with E-state index in [2.05, 4.69) is 45.3 Å². The molecule has 1 aliphatic carbocycles. The number of ether oxygens (including phenoxy) is 1. The van der Waals surface area contributed by atoms with Crippen molar-refractivity contribution in [3.8, 4) is 5.75 Å². The summed E-state index contributed by atoms with van der Waals surface area (Å²) in [5.41, 5.74) is 4.66. The van der Waals surface area contributed by atoms with Crippen LogP contribution in [0.5, 0.6) is 5.75 Å². The van der Waals surface area contributed by atoms with Crippen molar-refractivity contribution in [3.05, 3.63) is 65.7 Å². The average Bonchev–Trinajstić information content (AvgIpc) is 3.03. The van der Waals surface area contributed by atoms with Crippen molar-refractivity contribution in [2.24, 2.45) is 10.1 Å². The van der Waals surface area contributed by atoms with Gasteiger partial charge in [-0.15, -0.1) is 0 Å². The van der Waals surface area contributed by atoms with E-state index in [0.717, 1.165) is 39.3 Å². The van der Waals surface area contributed by atoms with Crippen molar-refractivity contribution in [2.45, 2.75) is 6.04 Å². The van der Waals surface area contributed by atoms with Crippen molar-refractivity contribution in [3.63, 3.8) is 0 Å². The number of amides is 1. The number of fused-ring (bicyclic) bond motifs is 4. The van der Waals surface area contributed by atoms with Crippen molar-refractivity contribution in [2.75, 3.05) is 12.4 Å². The van der Waals surface area contributed by atoms with Crippen LogP contribution in [-0.4, -0.2) is 28.8 Å². The highest BCUT2D eigenvalue weighted by Gasteiger charge is 2.45. The minimum absolute atomic E-state index is 0.172. The summed E-state index contributed by atoms with van der Waals surface area (Å²) < 4.78 is 7.16. The van der Waals surface area contributed by atoms with Gasteiger partial charge in [-0.25, -0.2) is 4.99 Å². The first-order valence-electron chi connectivity index (χ1n) is 8.59. The van der Waals surface area contributed by atoms with Crippen LogP contribution < -0.4 is 4.74 Å². The second kappa shape index (κ2) is 6.09. The Morgan fingerprint density at radius 2 is 2.04 bits per heavy atom. The van der Waals surface area contributed by atoms with Crippen LogP contribution in [0.1, 0.15) is 17.2 Å². The second-order valence-corrected chi connectivity index (χ2v) is 7.04. The number of aliphatic imine (C=N–C) groups is 1. The fourth-order valence-corrected chi connectivity index (χ4v) is 4.03. The number of hydrogen-bond acceptors (Lipinski definition) is 3. The molecule has 0 aromatic heterocycles.